The van der Waals surface area contributed by atoms with E-state index < -0.39 is 29.3 Å². The molecule has 2 amide bonds. The van der Waals surface area contributed by atoms with E-state index in [0.29, 0.717) is 11.3 Å². The third kappa shape index (κ3) is 3.86. The molecule has 0 fully saturated rings. The maximum absolute atomic E-state index is 13.6. The van der Waals surface area contributed by atoms with Crippen molar-refractivity contribution in [3.63, 3.8) is 0 Å². The quantitative estimate of drug-likeness (QED) is 0.330. The van der Waals surface area contributed by atoms with Crippen LogP contribution in [0.2, 0.25) is 0 Å². The lowest BCUT2D eigenvalue weighted by atomic mass is 10.0. The first-order chi connectivity index (χ1) is 16.8. The molecule has 0 saturated carbocycles. The first-order valence-electron chi connectivity index (χ1n) is 10.7. The summed E-state index contributed by atoms with van der Waals surface area (Å²) >= 11 is 0. The van der Waals surface area contributed by atoms with Crippen molar-refractivity contribution in [3.05, 3.63) is 108 Å². The summed E-state index contributed by atoms with van der Waals surface area (Å²) in [4.78, 5) is 28.1. The highest BCUT2D eigenvalue weighted by Gasteiger charge is 2.46. The van der Waals surface area contributed by atoms with Crippen molar-refractivity contribution in [3.8, 4) is 11.6 Å². The van der Waals surface area contributed by atoms with E-state index in [-0.39, 0.29) is 29.1 Å². The van der Waals surface area contributed by atoms with Gasteiger partial charge in [-0.3, -0.25) is 14.5 Å². The number of aryl methyl sites for hydroxylation is 1. The van der Waals surface area contributed by atoms with Gasteiger partial charge in [-0.05, 0) is 54.8 Å². The van der Waals surface area contributed by atoms with Gasteiger partial charge in [-0.1, -0.05) is 18.2 Å². The van der Waals surface area contributed by atoms with Crippen molar-refractivity contribution < 1.29 is 28.0 Å². The lowest BCUT2D eigenvalue weighted by Crippen LogP contribution is -2.39. The molecular formula is C26H18F2N4O3. The molecule has 0 radical (unpaired) electrons. The summed E-state index contributed by atoms with van der Waals surface area (Å²) < 4.78 is 29.3. The first-order valence-corrected chi connectivity index (χ1v) is 10.7. The average Bonchev–Trinajstić information content (AvgIpc) is 3.28. The normalized spacial score (nSPS) is 13.7. The number of aromatic nitrogens is 3. The zero-order valence-corrected chi connectivity index (χ0v) is 18.5. The fraction of sp³-hybridized carbons (Fsp3) is 0.0769. The van der Waals surface area contributed by atoms with Crippen LogP contribution in [0.4, 0.5) is 8.78 Å². The number of carbonyl (C=O) groups excluding carboxylic acids is 2. The molecule has 4 aromatic rings. The zero-order chi connectivity index (χ0) is 24.7. The highest BCUT2D eigenvalue weighted by molar-refractivity contribution is 6.44. The predicted molar refractivity (Wildman–Crippen MR) is 119 cm³/mol. The zero-order valence-electron chi connectivity index (χ0n) is 18.5. The Kier molecular flexibility index (Phi) is 5.44. The van der Waals surface area contributed by atoms with Crippen molar-refractivity contribution >= 4 is 23.1 Å². The molecule has 0 atom stereocenters. The van der Waals surface area contributed by atoms with Crippen molar-refractivity contribution in [2.45, 2.75) is 13.5 Å². The van der Waals surface area contributed by atoms with Gasteiger partial charge < -0.3 is 5.11 Å². The number of amides is 2. The van der Waals surface area contributed by atoms with Crippen LogP contribution in [0.3, 0.4) is 0 Å². The monoisotopic (exact) mass is 472 g/mol. The molecule has 0 spiro atoms. The van der Waals surface area contributed by atoms with Gasteiger partial charge in [-0.25, -0.2) is 13.5 Å². The molecule has 174 valence electrons. The number of hydrogen-bond acceptors (Lipinski definition) is 4. The molecule has 0 aliphatic carbocycles. The topological polar surface area (TPSA) is 82.1 Å². The molecule has 3 heterocycles. The van der Waals surface area contributed by atoms with Crippen molar-refractivity contribution in [1.82, 2.24) is 14.7 Å². The Morgan fingerprint density at radius 2 is 1.49 bits per heavy atom. The fourth-order valence-electron chi connectivity index (χ4n) is 4.04. The number of imide groups is 1. The van der Waals surface area contributed by atoms with Gasteiger partial charge in [0.2, 0.25) is 0 Å². The van der Waals surface area contributed by atoms with Crippen molar-refractivity contribution in [1.29, 1.82) is 0 Å². The molecule has 0 N–H and O–H groups in total. The Hall–Kier alpha value is -4.66. The van der Waals surface area contributed by atoms with E-state index in [4.69, 9.17) is 0 Å². The summed E-state index contributed by atoms with van der Waals surface area (Å²) in [5, 5.41) is 17.7. The molecule has 1 aliphatic rings. The van der Waals surface area contributed by atoms with Crippen LogP contribution in [-0.4, -0.2) is 26.5 Å². The predicted octanol–water partition coefficient (Wildman–Crippen LogP) is 2.76. The number of hydrogen-bond donors (Lipinski definition) is 0. The summed E-state index contributed by atoms with van der Waals surface area (Å²) in [6, 6.07) is 15.8. The van der Waals surface area contributed by atoms with Crippen molar-refractivity contribution in [2.24, 2.45) is 0 Å². The summed E-state index contributed by atoms with van der Waals surface area (Å²) in [7, 11) is 0. The Morgan fingerprint density at radius 1 is 0.886 bits per heavy atom. The van der Waals surface area contributed by atoms with Crippen LogP contribution >= 0.6 is 0 Å². The molecule has 2 aromatic heterocycles. The van der Waals surface area contributed by atoms with E-state index in [2.05, 4.69) is 5.10 Å². The van der Waals surface area contributed by atoms with Gasteiger partial charge in [0.15, 0.2) is 12.4 Å². The van der Waals surface area contributed by atoms with Gasteiger partial charge >= 0.3 is 5.91 Å². The molecule has 2 aromatic carbocycles. The number of carbonyl (C=O) groups is 2. The fourth-order valence-corrected chi connectivity index (χ4v) is 4.04. The van der Waals surface area contributed by atoms with Crippen LogP contribution in [0.1, 0.15) is 16.8 Å². The molecule has 5 rings (SSSR count). The minimum atomic E-state index is -0.662. The van der Waals surface area contributed by atoms with Gasteiger partial charge in [-0.15, -0.1) is 0 Å². The second kappa shape index (κ2) is 8.60. The maximum atomic E-state index is 13.6. The van der Waals surface area contributed by atoms with E-state index in [1.54, 1.807) is 37.5 Å². The Balaban J connectivity index is 1.65. The molecule has 0 bridgehead atoms. The molecule has 35 heavy (non-hydrogen) atoms. The van der Waals surface area contributed by atoms with Gasteiger partial charge in [0.05, 0.1) is 17.9 Å². The largest absolute Gasteiger partial charge is 0.858 e. The molecule has 0 saturated heterocycles. The summed E-state index contributed by atoms with van der Waals surface area (Å²) in [5.74, 6) is -2.78. The van der Waals surface area contributed by atoms with Crippen molar-refractivity contribution in [2.75, 3.05) is 0 Å². The minimum Gasteiger partial charge on any atom is -0.858 e. The van der Waals surface area contributed by atoms with Crippen LogP contribution in [-0.2, 0) is 16.1 Å². The smallest absolute Gasteiger partial charge is 0.327 e. The van der Waals surface area contributed by atoms with E-state index in [0.717, 1.165) is 9.58 Å². The molecule has 0 unspecified atom stereocenters. The third-order valence-electron chi connectivity index (χ3n) is 5.71. The second-order valence-corrected chi connectivity index (χ2v) is 7.98. The highest BCUT2D eigenvalue weighted by Crippen LogP contribution is 2.37. The molecular weight excluding hydrogens is 454 g/mol. The van der Waals surface area contributed by atoms with Gasteiger partial charge in [-0.2, -0.15) is 9.67 Å². The summed E-state index contributed by atoms with van der Waals surface area (Å²) in [5.41, 5.74) is 1.03. The van der Waals surface area contributed by atoms with E-state index in [1.165, 1.54) is 53.1 Å². The van der Waals surface area contributed by atoms with Gasteiger partial charge in [0.1, 0.15) is 17.2 Å². The Morgan fingerprint density at radius 3 is 2.11 bits per heavy atom. The Bertz CT molecular complexity index is 1480. The highest BCUT2D eigenvalue weighted by atomic mass is 19.1. The Labute approximate surface area is 198 Å². The molecule has 9 heteroatoms. The number of pyridine rings is 1. The number of rotatable bonds is 5. The average molecular weight is 472 g/mol. The lowest BCUT2D eigenvalue weighted by molar-refractivity contribution is -0.576. The summed E-state index contributed by atoms with van der Waals surface area (Å²) in [6.45, 7) is 1.47. The second-order valence-electron chi connectivity index (χ2n) is 7.98. The first kappa shape index (κ1) is 22.1. The van der Waals surface area contributed by atoms with E-state index in [1.807, 2.05) is 0 Å². The maximum Gasteiger partial charge on any atom is 0.327 e. The van der Waals surface area contributed by atoms with Gasteiger partial charge in [0, 0.05) is 17.7 Å². The lowest BCUT2D eigenvalue weighted by Gasteiger charge is -2.15. The SMILES string of the molecule is Cc1nn(-c2ccc(F)cc2)c([O-])c1C1=C([n+]2ccccc2)C(=O)N(Cc2ccc(F)cc2)C1=O. The van der Waals surface area contributed by atoms with Crippen LogP contribution in [0.15, 0.2) is 79.1 Å². The number of halogens is 2. The minimum absolute atomic E-state index is 0.0107. The molecule has 7 nitrogen and oxygen atoms in total. The van der Waals surface area contributed by atoms with E-state index in [9.17, 15) is 23.5 Å². The standard InChI is InChI=1S/C26H18F2N4O3/c1-16-21(25(34)32(29-16)20-11-9-19(28)10-12-20)22-23(30-13-3-2-4-14-30)26(35)31(24(22)33)15-17-5-7-18(27)8-6-17/h2-14H,15H2,1H3. The van der Waals surface area contributed by atoms with Crippen LogP contribution < -0.4 is 9.67 Å². The van der Waals surface area contributed by atoms with Crippen LogP contribution in [0.25, 0.3) is 17.0 Å². The molecule has 1 aliphatic heterocycles. The number of nitrogens with zero attached hydrogens (tertiary/aromatic N) is 4. The van der Waals surface area contributed by atoms with Crippen LogP contribution in [0, 0.1) is 18.6 Å². The third-order valence-corrected chi connectivity index (χ3v) is 5.71. The van der Waals surface area contributed by atoms with Crippen LogP contribution in [0.5, 0.6) is 5.88 Å². The summed E-state index contributed by atoms with van der Waals surface area (Å²) in [6.07, 6.45) is 3.21. The van der Waals surface area contributed by atoms with E-state index >= 15 is 0 Å². The van der Waals surface area contributed by atoms with Gasteiger partial charge in [0.25, 0.3) is 11.6 Å². The number of benzene rings is 2.